The van der Waals surface area contributed by atoms with Crippen molar-refractivity contribution in [3.8, 4) is 0 Å². The van der Waals surface area contributed by atoms with Crippen molar-refractivity contribution in [2.75, 3.05) is 19.6 Å². The molecular weight excluding hydrogens is 280 g/mol. The summed E-state index contributed by atoms with van der Waals surface area (Å²) in [6.45, 7) is 2.47. The molecule has 1 atom stereocenters. The third-order valence-electron chi connectivity index (χ3n) is 3.25. The van der Waals surface area contributed by atoms with Crippen molar-refractivity contribution in [3.05, 3.63) is 21.9 Å². The third-order valence-corrected chi connectivity index (χ3v) is 4.25. The molecule has 1 unspecified atom stereocenters. The van der Waals surface area contributed by atoms with E-state index in [1.54, 1.807) is 6.07 Å². The molecular formula is C13H16N2O4S. The van der Waals surface area contributed by atoms with E-state index in [1.165, 1.54) is 16.2 Å². The molecule has 0 radical (unpaired) electrons. The quantitative estimate of drug-likeness (QED) is 0.857. The van der Waals surface area contributed by atoms with Crippen LogP contribution in [0.3, 0.4) is 0 Å². The molecule has 0 aliphatic carbocycles. The summed E-state index contributed by atoms with van der Waals surface area (Å²) >= 11 is 1.37. The van der Waals surface area contributed by atoms with Gasteiger partial charge in [0.1, 0.15) is 0 Å². The molecule has 2 rings (SSSR count). The third kappa shape index (κ3) is 3.36. The molecule has 1 saturated heterocycles. The maximum Gasteiger partial charge on any atom is 0.308 e. The lowest BCUT2D eigenvalue weighted by Crippen LogP contribution is -2.39. The molecule has 6 nitrogen and oxygen atoms in total. The molecule has 108 valence electrons. The second-order valence-corrected chi connectivity index (χ2v) is 6.04. The van der Waals surface area contributed by atoms with E-state index in [0.29, 0.717) is 17.8 Å². The Morgan fingerprint density at radius 2 is 2.20 bits per heavy atom. The highest BCUT2D eigenvalue weighted by molar-refractivity contribution is 7.13. The number of hydrogen-bond acceptors (Lipinski definition) is 4. The zero-order chi connectivity index (χ0) is 14.7. The molecule has 0 aromatic carbocycles. The predicted molar refractivity (Wildman–Crippen MR) is 73.7 cm³/mol. The minimum absolute atomic E-state index is 0.0951. The molecule has 2 N–H and O–H groups in total. The van der Waals surface area contributed by atoms with Gasteiger partial charge in [-0.2, -0.15) is 0 Å². The highest BCUT2D eigenvalue weighted by atomic mass is 32.1. The number of rotatable bonds is 4. The number of likely N-dealkylation sites (tertiary alicyclic amines) is 1. The fourth-order valence-electron chi connectivity index (χ4n) is 2.10. The first-order valence-electron chi connectivity index (χ1n) is 6.32. The number of carbonyl (C=O) groups excluding carboxylic acids is 2. The normalized spacial score (nSPS) is 18.1. The zero-order valence-corrected chi connectivity index (χ0v) is 11.9. The largest absolute Gasteiger partial charge is 0.481 e. The van der Waals surface area contributed by atoms with Gasteiger partial charge in [-0.15, -0.1) is 11.3 Å². The number of aliphatic carboxylic acids is 1. The molecule has 7 heteroatoms. The molecule has 2 heterocycles. The van der Waals surface area contributed by atoms with Gasteiger partial charge in [0.25, 0.3) is 5.91 Å². The summed E-state index contributed by atoms with van der Waals surface area (Å²) in [7, 11) is 0. The lowest BCUT2D eigenvalue weighted by Gasteiger charge is -2.15. The van der Waals surface area contributed by atoms with Gasteiger partial charge >= 0.3 is 5.97 Å². The number of nitrogens with zero attached hydrogens (tertiary/aromatic N) is 1. The molecule has 1 aromatic rings. The minimum Gasteiger partial charge on any atom is -0.481 e. The summed E-state index contributed by atoms with van der Waals surface area (Å²) in [5.41, 5.74) is 0. The van der Waals surface area contributed by atoms with Crippen molar-refractivity contribution in [1.29, 1.82) is 0 Å². The number of carboxylic acid groups (broad SMARTS) is 1. The van der Waals surface area contributed by atoms with Crippen molar-refractivity contribution in [3.63, 3.8) is 0 Å². The topological polar surface area (TPSA) is 86.7 Å². The van der Waals surface area contributed by atoms with Gasteiger partial charge in [-0.3, -0.25) is 14.4 Å². The summed E-state index contributed by atoms with van der Waals surface area (Å²) < 4.78 is 0. The second kappa shape index (κ2) is 6.04. The Balaban J connectivity index is 1.81. The molecule has 0 bridgehead atoms. The highest BCUT2D eigenvalue weighted by Gasteiger charge is 2.30. The number of hydrogen-bond donors (Lipinski definition) is 2. The number of thiophene rings is 1. The molecule has 1 fully saturated rings. The van der Waals surface area contributed by atoms with Crippen LogP contribution in [0.2, 0.25) is 0 Å². The van der Waals surface area contributed by atoms with E-state index in [9.17, 15) is 14.4 Å². The van der Waals surface area contributed by atoms with E-state index in [0.717, 1.165) is 4.88 Å². The van der Waals surface area contributed by atoms with E-state index in [4.69, 9.17) is 5.11 Å². The van der Waals surface area contributed by atoms with Crippen LogP contribution < -0.4 is 5.32 Å². The lowest BCUT2D eigenvalue weighted by atomic mass is 10.1. The number of carbonyl (C=O) groups is 3. The monoisotopic (exact) mass is 296 g/mol. The van der Waals surface area contributed by atoms with Crippen LogP contribution in [0.15, 0.2) is 12.1 Å². The van der Waals surface area contributed by atoms with Crippen LogP contribution in [0.1, 0.15) is 21.0 Å². The Labute approximate surface area is 120 Å². The summed E-state index contributed by atoms with van der Waals surface area (Å²) in [4.78, 5) is 37.6. The van der Waals surface area contributed by atoms with E-state index < -0.39 is 11.9 Å². The fourth-order valence-corrected chi connectivity index (χ4v) is 2.88. The van der Waals surface area contributed by atoms with Gasteiger partial charge in [0.15, 0.2) is 0 Å². The number of nitrogens with one attached hydrogen (secondary N) is 1. The Bertz CT molecular complexity index is 540. The van der Waals surface area contributed by atoms with Crippen LogP contribution >= 0.6 is 11.3 Å². The van der Waals surface area contributed by atoms with E-state index in [2.05, 4.69) is 5.32 Å². The van der Waals surface area contributed by atoms with Crippen LogP contribution in [0.25, 0.3) is 0 Å². The molecule has 1 aliphatic rings. The summed E-state index contributed by atoms with van der Waals surface area (Å²) in [5.74, 6) is -1.88. The number of carboxylic acids is 1. The first-order valence-corrected chi connectivity index (χ1v) is 7.14. The fraction of sp³-hybridized carbons (Fsp3) is 0.462. The first-order chi connectivity index (χ1) is 9.47. The van der Waals surface area contributed by atoms with E-state index >= 15 is 0 Å². The van der Waals surface area contributed by atoms with Crippen molar-refractivity contribution in [1.82, 2.24) is 10.2 Å². The van der Waals surface area contributed by atoms with Crippen LogP contribution in [0, 0.1) is 12.8 Å². The Morgan fingerprint density at radius 3 is 2.75 bits per heavy atom. The lowest BCUT2D eigenvalue weighted by molar-refractivity contribution is -0.141. The standard InChI is InChI=1S/C13H16N2O4S/c1-8-2-3-10(20-8)12(17)14-6-11(16)15-5-4-9(7-15)13(18)19/h2-3,9H,4-7H2,1H3,(H,14,17)(H,18,19). The van der Waals surface area contributed by atoms with Gasteiger partial charge in [0.05, 0.1) is 17.3 Å². The average Bonchev–Trinajstić information content (AvgIpc) is 3.04. The van der Waals surface area contributed by atoms with E-state index in [-0.39, 0.29) is 24.9 Å². The molecule has 1 aliphatic heterocycles. The minimum atomic E-state index is -0.876. The number of aryl methyl sites for hydroxylation is 1. The Kier molecular flexibility index (Phi) is 4.39. The smallest absolute Gasteiger partial charge is 0.308 e. The summed E-state index contributed by atoms with van der Waals surface area (Å²) in [6.07, 6.45) is 0.471. The van der Waals surface area contributed by atoms with Crippen LogP contribution in [0.5, 0.6) is 0 Å². The molecule has 1 aromatic heterocycles. The first kappa shape index (κ1) is 14.5. The van der Waals surface area contributed by atoms with Gasteiger partial charge in [-0.25, -0.2) is 0 Å². The molecule has 20 heavy (non-hydrogen) atoms. The van der Waals surface area contributed by atoms with Gasteiger partial charge in [0, 0.05) is 18.0 Å². The van der Waals surface area contributed by atoms with Crippen molar-refractivity contribution in [2.24, 2.45) is 5.92 Å². The summed E-state index contributed by atoms with van der Waals surface area (Å²) in [6, 6.07) is 3.56. The van der Waals surface area contributed by atoms with E-state index in [1.807, 2.05) is 13.0 Å². The zero-order valence-electron chi connectivity index (χ0n) is 11.1. The predicted octanol–water partition coefficient (Wildman–Crippen LogP) is 0.719. The van der Waals surface area contributed by atoms with Gasteiger partial charge in [-0.1, -0.05) is 0 Å². The highest BCUT2D eigenvalue weighted by Crippen LogP contribution is 2.16. The van der Waals surface area contributed by atoms with Crippen LogP contribution in [-0.2, 0) is 9.59 Å². The SMILES string of the molecule is Cc1ccc(C(=O)NCC(=O)N2CCC(C(=O)O)C2)s1. The van der Waals surface area contributed by atoms with Gasteiger partial charge < -0.3 is 15.3 Å². The van der Waals surface area contributed by atoms with Crippen molar-refractivity contribution < 1.29 is 19.5 Å². The maximum absolute atomic E-state index is 11.9. The molecule has 0 spiro atoms. The maximum atomic E-state index is 11.9. The average molecular weight is 296 g/mol. The van der Waals surface area contributed by atoms with Gasteiger partial charge in [-0.05, 0) is 25.5 Å². The van der Waals surface area contributed by atoms with Gasteiger partial charge in [0.2, 0.25) is 5.91 Å². The Morgan fingerprint density at radius 1 is 1.45 bits per heavy atom. The Hall–Kier alpha value is -1.89. The molecule has 0 saturated carbocycles. The van der Waals surface area contributed by atoms with Crippen molar-refractivity contribution >= 4 is 29.1 Å². The van der Waals surface area contributed by atoms with Crippen LogP contribution in [-0.4, -0.2) is 47.4 Å². The van der Waals surface area contributed by atoms with Crippen LogP contribution in [0.4, 0.5) is 0 Å². The second-order valence-electron chi connectivity index (χ2n) is 4.76. The van der Waals surface area contributed by atoms with Crippen molar-refractivity contribution in [2.45, 2.75) is 13.3 Å². The molecule has 2 amide bonds. The number of amides is 2. The summed E-state index contributed by atoms with van der Waals surface area (Å²) in [5, 5.41) is 11.4.